The van der Waals surface area contributed by atoms with Crippen LogP contribution >= 0.6 is 0 Å². The molecule has 1 fully saturated rings. The van der Waals surface area contributed by atoms with Crippen LogP contribution in [0.15, 0.2) is 42.5 Å². The number of morpholine rings is 1. The molecule has 0 bridgehead atoms. The predicted octanol–water partition coefficient (Wildman–Crippen LogP) is 1.10. The molecule has 2 aliphatic rings. The summed E-state index contributed by atoms with van der Waals surface area (Å²) in [5, 5.41) is 16.4. The van der Waals surface area contributed by atoms with Crippen LogP contribution in [0.1, 0.15) is 31.8 Å². The van der Waals surface area contributed by atoms with Crippen LogP contribution in [-0.4, -0.2) is 66.8 Å². The quantitative estimate of drug-likeness (QED) is 0.665. The Balaban J connectivity index is 1.34. The molecular weight excluding hydrogens is 401 g/mol. The first-order valence-corrected chi connectivity index (χ1v) is 10.5. The van der Waals surface area contributed by atoms with E-state index in [1.54, 1.807) is 4.90 Å². The van der Waals surface area contributed by atoms with Crippen molar-refractivity contribution in [2.45, 2.75) is 25.1 Å². The lowest BCUT2D eigenvalue weighted by molar-refractivity contribution is 0.0302. The molecular formula is C23H26FN3O4. The maximum absolute atomic E-state index is 14.5. The van der Waals surface area contributed by atoms with Crippen LogP contribution in [0.2, 0.25) is 0 Å². The molecule has 3 N–H and O–H groups in total. The third kappa shape index (κ3) is 4.92. The fraction of sp³-hybridized carbons (Fsp3) is 0.391. The zero-order chi connectivity index (χ0) is 21.8. The number of hydrogen-bond acceptors (Lipinski definition) is 5. The maximum atomic E-state index is 14.5. The van der Waals surface area contributed by atoms with Gasteiger partial charge in [-0.15, -0.1) is 0 Å². The van der Waals surface area contributed by atoms with Crippen molar-refractivity contribution in [3.05, 3.63) is 70.5 Å². The number of benzene rings is 2. The lowest BCUT2D eigenvalue weighted by atomic mass is 9.93. The van der Waals surface area contributed by atoms with Crippen molar-refractivity contribution in [2.75, 3.05) is 32.8 Å². The molecule has 1 saturated heterocycles. The molecule has 2 heterocycles. The number of ether oxygens (including phenoxy) is 1. The second kappa shape index (κ2) is 9.55. The number of halogens is 1. The van der Waals surface area contributed by atoms with Gasteiger partial charge in [-0.25, -0.2) is 4.39 Å². The first-order chi connectivity index (χ1) is 15.0. The Morgan fingerprint density at radius 2 is 1.94 bits per heavy atom. The zero-order valence-corrected chi connectivity index (χ0v) is 17.1. The highest BCUT2D eigenvalue weighted by atomic mass is 19.1. The lowest BCUT2D eigenvalue weighted by Crippen LogP contribution is -2.49. The maximum Gasteiger partial charge on any atom is 0.254 e. The second-order valence-corrected chi connectivity index (χ2v) is 7.84. The molecule has 0 aromatic heterocycles. The summed E-state index contributed by atoms with van der Waals surface area (Å²) in [6.07, 6.45) is -0.164. The summed E-state index contributed by atoms with van der Waals surface area (Å²) in [6.45, 7) is 2.48. The van der Waals surface area contributed by atoms with Crippen molar-refractivity contribution in [3.8, 4) is 0 Å². The first kappa shape index (κ1) is 21.4. The number of nitrogens with zero attached hydrogens (tertiary/aromatic N) is 1. The number of nitrogens with one attached hydrogen (secondary N) is 2. The monoisotopic (exact) mass is 427 g/mol. The molecule has 2 atom stereocenters. The van der Waals surface area contributed by atoms with Crippen LogP contribution in [0.3, 0.4) is 0 Å². The number of fused-ring (bicyclic) bond motifs is 1. The third-order valence-electron chi connectivity index (χ3n) is 5.81. The van der Waals surface area contributed by atoms with Gasteiger partial charge < -0.3 is 25.4 Å². The van der Waals surface area contributed by atoms with E-state index in [1.165, 1.54) is 23.3 Å². The molecule has 4 rings (SSSR count). The number of aliphatic hydroxyl groups excluding tert-OH is 1. The van der Waals surface area contributed by atoms with Crippen molar-refractivity contribution in [1.82, 2.24) is 15.5 Å². The molecule has 0 unspecified atom stereocenters. The van der Waals surface area contributed by atoms with Crippen LogP contribution in [0, 0.1) is 5.82 Å². The average molecular weight is 427 g/mol. The summed E-state index contributed by atoms with van der Waals surface area (Å²) >= 11 is 0. The molecule has 2 aromatic rings. The molecule has 2 aromatic carbocycles. The fourth-order valence-corrected chi connectivity index (χ4v) is 3.97. The molecule has 0 aliphatic carbocycles. The van der Waals surface area contributed by atoms with Crippen molar-refractivity contribution >= 4 is 11.8 Å². The highest BCUT2D eigenvalue weighted by Crippen LogP contribution is 2.18. The van der Waals surface area contributed by atoms with Gasteiger partial charge in [0.2, 0.25) is 0 Å². The minimum Gasteiger partial charge on any atom is -0.390 e. The van der Waals surface area contributed by atoms with Gasteiger partial charge in [0.05, 0.1) is 24.9 Å². The summed E-state index contributed by atoms with van der Waals surface area (Å²) in [4.78, 5) is 26.5. The smallest absolute Gasteiger partial charge is 0.254 e. The van der Waals surface area contributed by atoms with E-state index in [-0.39, 0.29) is 29.6 Å². The van der Waals surface area contributed by atoms with Gasteiger partial charge in [-0.2, -0.15) is 0 Å². The van der Waals surface area contributed by atoms with Crippen LogP contribution in [0.5, 0.6) is 0 Å². The largest absolute Gasteiger partial charge is 0.390 e. The van der Waals surface area contributed by atoms with Crippen molar-refractivity contribution in [2.24, 2.45) is 0 Å². The Labute approximate surface area is 180 Å². The van der Waals surface area contributed by atoms with Gasteiger partial charge in [0.15, 0.2) is 0 Å². The van der Waals surface area contributed by atoms with Gasteiger partial charge in [-0.05, 0) is 35.7 Å². The Morgan fingerprint density at radius 1 is 1.19 bits per heavy atom. The second-order valence-electron chi connectivity index (χ2n) is 7.84. The topological polar surface area (TPSA) is 90.9 Å². The summed E-state index contributed by atoms with van der Waals surface area (Å²) < 4.78 is 19.8. The van der Waals surface area contributed by atoms with Gasteiger partial charge in [0.25, 0.3) is 11.8 Å². The summed E-state index contributed by atoms with van der Waals surface area (Å²) in [7, 11) is 0. The molecule has 7 nitrogen and oxygen atoms in total. The molecule has 0 radical (unpaired) electrons. The number of rotatable bonds is 5. The van der Waals surface area contributed by atoms with Gasteiger partial charge in [-0.1, -0.05) is 24.3 Å². The summed E-state index contributed by atoms with van der Waals surface area (Å²) in [5.41, 5.74) is 2.40. The minimum atomic E-state index is -0.817. The minimum absolute atomic E-state index is 0.00737. The normalized spacial score (nSPS) is 19.4. The highest BCUT2D eigenvalue weighted by Gasteiger charge is 2.25. The van der Waals surface area contributed by atoms with Gasteiger partial charge in [-0.3, -0.25) is 9.59 Å². The summed E-state index contributed by atoms with van der Waals surface area (Å²) in [5.74, 6) is -1.68. The fourth-order valence-electron chi connectivity index (χ4n) is 3.97. The van der Waals surface area contributed by atoms with Crippen LogP contribution in [-0.2, 0) is 17.7 Å². The summed E-state index contributed by atoms with van der Waals surface area (Å²) in [6, 6.07) is 11.7. The van der Waals surface area contributed by atoms with E-state index in [0.29, 0.717) is 39.3 Å². The highest BCUT2D eigenvalue weighted by molar-refractivity contribution is 5.98. The molecule has 0 saturated carbocycles. The van der Waals surface area contributed by atoms with Crippen LogP contribution in [0.4, 0.5) is 4.39 Å². The van der Waals surface area contributed by atoms with Crippen LogP contribution in [0.25, 0.3) is 0 Å². The van der Waals surface area contributed by atoms with Crippen LogP contribution < -0.4 is 10.6 Å². The van der Waals surface area contributed by atoms with Crippen molar-refractivity contribution in [3.63, 3.8) is 0 Å². The van der Waals surface area contributed by atoms with Gasteiger partial charge >= 0.3 is 0 Å². The lowest BCUT2D eigenvalue weighted by Gasteiger charge is -2.30. The number of carbonyl (C=O) groups is 2. The van der Waals surface area contributed by atoms with E-state index >= 15 is 0 Å². The van der Waals surface area contributed by atoms with Gasteiger partial charge in [0, 0.05) is 37.8 Å². The Kier molecular flexibility index (Phi) is 6.60. The van der Waals surface area contributed by atoms with Crippen molar-refractivity contribution < 1.29 is 23.8 Å². The first-order valence-electron chi connectivity index (χ1n) is 10.5. The Bertz CT molecular complexity index is 962. The van der Waals surface area contributed by atoms with E-state index in [9.17, 15) is 19.1 Å². The number of hydrogen-bond donors (Lipinski definition) is 3. The number of amides is 2. The van der Waals surface area contributed by atoms with E-state index in [4.69, 9.17) is 4.74 Å². The average Bonchev–Trinajstić information content (AvgIpc) is 2.82. The Morgan fingerprint density at radius 3 is 2.68 bits per heavy atom. The van der Waals surface area contributed by atoms with Crippen molar-refractivity contribution in [1.29, 1.82) is 0 Å². The standard InChI is InChI=1S/C23H26FN3O4/c24-19-11-16(23(30)27-7-9-31-10-8-27)5-6-18(19)22(29)26-14-21(28)20-12-15-3-1-2-4-17(15)13-25-20/h1-6,11,20-21,25,28H,7-10,12-14H2,(H,26,29)/t20-,21+/m0/s1. The molecule has 31 heavy (non-hydrogen) atoms. The molecule has 164 valence electrons. The molecule has 0 spiro atoms. The predicted molar refractivity (Wildman–Crippen MR) is 112 cm³/mol. The molecule has 8 heteroatoms. The molecule has 2 amide bonds. The zero-order valence-electron chi connectivity index (χ0n) is 17.1. The SMILES string of the molecule is O=C(NC[C@@H](O)[C@@H]1Cc2ccccc2CN1)c1ccc(C(=O)N2CCOCC2)cc1F. The number of aliphatic hydroxyl groups is 1. The van der Waals surface area contributed by atoms with E-state index < -0.39 is 17.8 Å². The number of carbonyl (C=O) groups excluding carboxylic acids is 2. The Hall–Kier alpha value is -2.81. The van der Waals surface area contributed by atoms with E-state index in [1.807, 2.05) is 24.3 Å². The van der Waals surface area contributed by atoms with E-state index in [0.717, 1.165) is 6.07 Å². The van der Waals surface area contributed by atoms with Gasteiger partial charge in [0.1, 0.15) is 5.82 Å². The van der Waals surface area contributed by atoms with E-state index in [2.05, 4.69) is 10.6 Å². The molecule has 2 aliphatic heterocycles. The third-order valence-corrected chi connectivity index (χ3v) is 5.81.